The van der Waals surface area contributed by atoms with Crippen molar-refractivity contribution in [2.75, 3.05) is 5.32 Å². The van der Waals surface area contributed by atoms with Gasteiger partial charge in [0.1, 0.15) is 0 Å². The Balaban J connectivity index is 1.98. The van der Waals surface area contributed by atoms with Crippen LogP contribution in [0, 0.1) is 11.8 Å². The lowest BCUT2D eigenvalue weighted by molar-refractivity contribution is -0.111. The minimum Gasteiger partial charge on any atom is -0.283 e. The minimum atomic E-state index is -0.426. The van der Waals surface area contributed by atoms with Crippen LogP contribution in [0.5, 0.6) is 0 Å². The number of hydrogen-bond donors (Lipinski definition) is 1. The summed E-state index contributed by atoms with van der Waals surface area (Å²) in [5, 5.41) is 7.60. The molecule has 2 aromatic heterocycles. The Kier molecular flexibility index (Phi) is 3.54. The van der Waals surface area contributed by atoms with Crippen molar-refractivity contribution in [2.24, 2.45) is 7.05 Å². The first kappa shape index (κ1) is 13.8. The van der Waals surface area contributed by atoms with Crippen molar-refractivity contribution < 1.29 is 4.79 Å². The second-order valence-corrected chi connectivity index (χ2v) is 4.70. The molecule has 3 aromatic rings. The van der Waals surface area contributed by atoms with E-state index in [1.165, 1.54) is 0 Å². The van der Waals surface area contributed by atoms with E-state index in [1.807, 2.05) is 31.4 Å². The van der Waals surface area contributed by atoms with E-state index in [4.69, 9.17) is 0 Å². The zero-order valence-corrected chi connectivity index (χ0v) is 12.2. The molecular weight excluding hydrogens is 278 g/mol. The second-order valence-electron chi connectivity index (χ2n) is 4.70. The van der Waals surface area contributed by atoms with Crippen LogP contribution in [0.1, 0.15) is 6.92 Å². The van der Waals surface area contributed by atoms with Gasteiger partial charge in [-0.2, -0.15) is 5.10 Å². The Bertz CT molecular complexity index is 917. The Morgan fingerprint density at radius 2 is 2.14 bits per heavy atom. The highest BCUT2D eigenvalue weighted by Gasteiger charge is 2.06. The molecule has 0 bridgehead atoms. The molecule has 6 nitrogen and oxygen atoms in total. The first-order valence-corrected chi connectivity index (χ1v) is 6.65. The van der Waals surface area contributed by atoms with Gasteiger partial charge in [-0.15, -0.1) is 0 Å². The molecule has 0 aliphatic rings. The van der Waals surface area contributed by atoms with Crippen LogP contribution in [-0.4, -0.2) is 25.7 Å². The molecule has 0 unspecified atom stereocenters. The first-order chi connectivity index (χ1) is 10.7. The number of anilines is 1. The smallest absolute Gasteiger partial charge is 0.283 e. The quantitative estimate of drug-likeness (QED) is 0.733. The molecule has 2 heterocycles. The lowest BCUT2D eigenvalue weighted by atomic mass is 10.1. The van der Waals surface area contributed by atoms with Crippen LogP contribution < -0.4 is 5.32 Å². The third kappa shape index (κ3) is 2.79. The van der Waals surface area contributed by atoms with Crippen LogP contribution in [0.15, 0.2) is 36.8 Å². The van der Waals surface area contributed by atoms with Crippen LogP contribution in [0.3, 0.4) is 0 Å². The summed E-state index contributed by atoms with van der Waals surface area (Å²) >= 11 is 0. The maximum absolute atomic E-state index is 11.5. The van der Waals surface area contributed by atoms with Gasteiger partial charge in [0.25, 0.3) is 0 Å². The predicted molar refractivity (Wildman–Crippen MR) is 83.8 cm³/mol. The molecule has 3 rings (SSSR count). The van der Waals surface area contributed by atoms with Crippen LogP contribution in [0.25, 0.3) is 22.0 Å². The predicted octanol–water partition coefficient (Wildman–Crippen LogP) is 1.99. The molecule has 0 spiro atoms. The largest absolute Gasteiger partial charge is 0.302 e. The summed E-state index contributed by atoms with van der Waals surface area (Å²) in [4.78, 5) is 19.9. The van der Waals surface area contributed by atoms with Crippen molar-refractivity contribution in [1.29, 1.82) is 0 Å². The Labute approximate surface area is 127 Å². The number of amides is 1. The van der Waals surface area contributed by atoms with E-state index in [1.54, 1.807) is 24.0 Å². The summed E-state index contributed by atoms with van der Waals surface area (Å²) in [6.45, 7) is 1.60. The highest BCUT2D eigenvalue weighted by atomic mass is 16.1. The third-order valence-corrected chi connectivity index (χ3v) is 3.08. The maximum Gasteiger partial charge on any atom is 0.302 e. The summed E-state index contributed by atoms with van der Waals surface area (Å²) in [6.07, 6.45) is 5.40. The standard InChI is InChI=1S/C16H13N5O/c1-3-4-15(22)20-16-17-8-12-6-5-11(7-14(12)19-16)13-9-18-21(2)10-13/h5-10H,1-2H3,(H,17,19,20,22). The Hall–Kier alpha value is -3.20. The molecular formula is C16H13N5O. The van der Waals surface area contributed by atoms with Gasteiger partial charge >= 0.3 is 5.91 Å². The number of benzene rings is 1. The van der Waals surface area contributed by atoms with Crippen LogP contribution in [0.4, 0.5) is 5.95 Å². The lowest BCUT2D eigenvalue weighted by Gasteiger charge is -2.03. The molecule has 0 aliphatic heterocycles. The topological polar surface area (TPSA) is 72.7 Å². The minimum absolute atomic E-state index is 0.239. The number of rotatable bonds is 2. The first-order valence-electron chi connectivity index (χ1n) is 6.65. The molecule has 0 saturated heterocycles. The lowest BCUT2D eigenvalue weighted by Crippen LogP contribution is -2.11. The van der Waals surface area contributed by atoms with Gasteiger partial charge in [0.05, 0.1) is 11.7 Å². The van der Waals surface area contributed by atoms with E-state index >= 15 is 0 Å². The summed E-state index contributed by atoms with van der Waals surface area (Å²) in [6, 6.07) is 5.87. The van der Waals surface area contributed by atoms with Crippen molar-refractivity contribution in [3.63, 3.8) is 0 Å². The molecule has 0 aliphatic carbocycles. The van der Waals surface area contributed by atoms with E-state index in [2.05, 4.69) is 32.2 Å². The van der Waals surface area contributed by atoms with Gasteiger partial charge in [0.2, 0.25) is 5.95 Å². The molecule has 0 fully saturated rings. The van der Waals surface area contributed by atoms with E-state index in [0.29, 0.717) is 0 Å². The summed E-state index contributed by atoms with van der Waals surface area (Å²) in [5.74, 6) is 4.74. The molecule has 6 heteroatoms. The molecule has 108 valence electrons. The fraction of sp³-hybridized carbons (Fsp3) is 0.125. The SMILES string of the molecule is CC#CC(=O)Nc1ncc2ccc(-c3cnn(C)c3)cc2n1. The summed E-state index contributed by atoms with van der Waals surface area (Å²) in [7, 11) is 1.87. The molecule has 0 saturated carbocycles. The molecule has 1 amide bonds. The van der Waals surface area contributed by atoms with E-state index in [-0.39, 0.29) is 5.95 Å². The van der Waals surface area contributed by atoms with Gasteiger partial charge in [-0.1, -0.05) is 18.1 Å². The molecule has 22 heavy (non-hydrogen) atoms. The average Bonchev–Trinajstić information content (AvgIpc) is 2.93. The molecule has 0 atom stereocenters. The van der Waals surface area contributed by atoms with Crippen molar-refractivity contribution >= 4 is 22.8 Å². The van der Waals surface area contributed by atoms with Gasteiger partial charge in [-0.05, 0) is 24.5 Å². The number of hydrogen-bond acceptors (Lipinski definition) is 4. The normalized spacial score (nSPS) is 10.1. The fourth-order valence-corrected chi connectivity index (χ4v) is 2.08. The number of carbonyl (C=O) groups is 1. The highest BCUT2D eigenvalue weighted by molar-refractivity contribution is 6.03. The second kappa shape index (κ2) is 5.66. The number of nitrogens with zero attached hydrogens (tertiary/aromatic N) is 4. The van der Waals surface area contributed by atoms with E-state index in [0.717, 1.165) is 22.0 Å². The van der Waals surface area contributed by atoms with Gasteiger partial charge in [0, 0.05) is 30.4 Å². The Morgan fingerprint density at radius 1 is 1.27 bits per heavy atom. The highest BCUT2D eigenvalue weighted by Crippen LogP contribution is 2.23. The maximum atomic E-state index is 11.5. The average molecular weight is 291 g/mol. The fourth-order valence-electron chi connectivity index (χ4n) is 2.08. The van der Waals surface area contributed by atoms with Crippen molar-refractivity contribution in [3.05, 3.63) is 36.8 Å². The third-order valence-electron chi connectivity index (χ3n) is 3.08. The van der Waals surface area contributed by atoms with Gasteiger partial charge in [0.15, 0.2) is 0 Å². The molecule has 0 radical (unpaired) electrons. The zero-order valence-electron chi connectivity index (χ0n) is 12.2. The van der Waals surface area contributed by atoms with E-state index in [9.17, 15) is 4.79 Å². The summed E-state index contributed by atoms with van der Waals surface area (Å²) in [5.41, 5.74) is 2.76. The number of carbonyl (C=O) groups excluding carboxylic acids is 1. The number of aryl methyl sites for hydroxylation is 1. The monoisotopic (exact) mass is 291 g/mol. The van der Waals surface area contributed by atoms with Crippen LogP contribution >= 0.6 is 0 Å². The van der Waals surface area contributed by atoms with Crippen molar-refractivity contribution in [1.82, 2.24) is 19.7 Å². The molecule has 1 N–H and O–H groups in total. The number of fused-ring (bicyclic) bond motifs is 1. The molecule has 1 aromatic carbocycles. The number of nitrogens with one attached hydrogen (secondary N) is 1. The summed E-state index contributed by atoms with van der Waals surface area (Å²) < 4.78 is 1.74. The van der Waals surface area contributed by atoms with Crippen LogP contribution in [-0.2, 0) is 11.8 Å². The van der Waals surface area contributed by atoms with Crippen LogP contribution in [0.2, 0.25) is 0 Å². The number of aromatic nitrogens is 4. The van der Waals surface area contributed by atoms with Crippen molar-refractivity contribution in [2.45, 2.75) is 6.92 Å². The van der Waals surface area contributed by atoms with Gasteiger partial charge in [-0.25, -0.2) is 9.97 Å². The Morgan fingerprint density at radius 3 is 2.86 bits per heavy atom. The zero-order chi connectivity index (χ0) is 15.5. The van der Waals surface area contributed by atoms with Gasteiger partial charge in [-0.3, -0.25) is 14.8 Å². The van der Waals surface area contributed by atoms with Crippen molar-refractivity contribution in [3.8, 4) is 23.0 Å². The van der Waals surface area contributed by atoms with E-state index < -0.39 is 5.91 Å². The van der Waals surface area contributed by atoms with Gasteiger partial charge < -0.3 is 0 Å².